The van der Waals surface area contributed by atoms with E-state index < -0.39 is 15.7 Å². The minimum Gasteiger partial charge on any atom is -0.379 e. The van der Waals surface area contributed by atoms with E-state index >= 15 is 0 Å². The van der Waals surface area contributed by atoms with Crippen LogP contribution in [-0.4, -0.2) is 44.5 Å². The number of nitrogens with zero attached hydrogens (tertiary/aromatic N) is 2. The predicted octanol–water partition coefficient (Wildman–Crippen LogP) is 6.57. The molecule has 0 unspecified atom stereocenters. The van der Waals surface area contributed by atoms with Gasteiger partial charge in [0.25, 0.3) is 0 Å². The van der Waals surface area contributed by atoms with Gasteiger partial charge in [0.05, 0.1) is 16.6 Å². The maximum atomic E-state index is 13.2. The van der Waals surface area contributed by atoms with Gasteiger partial charge in [-0.3, -0.25) is 0 Å². The van der Waals surface area contributed by atoms with Crippen LogP contribution in [0.25, 0.3) is 0 Å². The molecule has 0 atom stereocenters. The molecule has 0 bridgehead atoms. The van der Waals surface area contributed by atoms with Gasteiger partial charge in [-0.2, -0.15) is 8.42 Å². The molecule has 0 aliphatic rings. The van der Waals surface area contributed by atoms with Crippen LogP contribution in [0.15, 0.2) is 41.3 Å². The molecular formula is C26H37Cl2N3O4S. The molecule has 0 aliphatic carbocycles. The third-order valence-corrected chi connectivity index (χ3v) is 7.24. The Morgan fingerprint density at radius 1 is 1.03 bits per heavy atom. The Kier molecular flexibility index (Phi) is 10.3. The van der Waals surface area contributed by atoms with Crippen LogP contribution in [0, 0.1) is 5.92 Å². The van der Waals surface area contributed by atoms with Crippen molar-refractivity contribution < 1.29 is 17.4 Å². The van der Waals surface area contributed by atoms with E-state index in [4.69, 9.17) is 27.4 Å². The Hall–Kier alpha value is -2.16. The molecule has 36 heavy (non-hydrogen) atoms. The summed E-state index contributed by atoms with van der Waals surface area (Å²) in [6, 6.07) is 9.21. The fraction of sp³-hybridized carbons (Fsp3) is 0.500. The molecule has 1 N–H and O–H groups in total. The molecule has 0 heterocycles. The second-order valence-corrected chi connectivity index (χ2v) is 12.4. The van der Waals surface area contributed by atoms with Crippen molar-refractivity contribution in [2.45, 2.75) is 65.4 Å². The number of carbonyl (C=O) groups is 1. The first-order valence-electron chi connectivity index (χ1n) is 12.0. The van der Waals surface area contributed by atoms with Gasteiger partial charge in [-0.25, -0.2) is 4.79 Å². The molecule has 2 amide bonds. The van der Waals surface area contributed by atoms with E-state index in [1.165, 1.54) is 18.2 Å². The van der Waals surface area contributed by atoms with E-state index in [2.05, 4.69) is 10.2 Å². The number of hydrogen-bond acceptors (Lipinski definition) is 5. The van der Waals surface area contributed by atoms with Gasteiger partial charge in [-0.15, -0.1) is 0 Å². The molecule has 0 spiro atoms. The lowest BCUT2D eigenvalue weighted by molar-refractivity contribution is 0.178. The summed E-state index contributed by atoms with van der Waals surface area (Å²) >= 11 is 12.0. The van der Waals surface area contributed by atoms with Crippen LogP contribution in [0.3, 0.4) is 0 Å². The lowest BCUT2D eigenvalue weighted by Gasteiger charge is -2.30. The lowest BCUT2D eigenvalue weighted by Crippen LogP contribution is -2.49. The molecule has 0 aliphatic heterocycles. The Bertz CT molecular complexity index is 1160. The summed E-state index contributed by atoms with van der Waals surface area (Å²) in [6.07, 6.45) is 0. The van der Waals surface area contributed by atoms with E-state index in [9.17, 15) is 13.2 Å². The quantitative estimate of drug-likeness (QED) is 0.334. The highest BCUT2D eigenvalue weighted by atomic mass is 35.5. The van der Waals surface area contributed by atoms with Crippen LogP contribution < -0.4 is 14.4 Å². The first kappa shape index (κ1) is 30.1. The predicted molar refractivity (Wildman–Crippen MR) is 148 cm³/mol. The number of nitrogens with one attached hydrogen (secondary N) is 1. The van der Waals surface area contributed by atoms with Crippen LogP contribution in [0.2, 0.25) is 10.0 Å². The number of halogens is 2. The minimum absolute atomic E-state index is 0.111. The Morgan fingerprint density at radius 3 is 2.19 bits per heavy atom. The van der Waals surface area contributed by atoms with Crippen LogP contribution in [-0.2, 0) is 16.7 Å². The molecule has 0 radical (unpaired) electrons. The third kappa shape index (κ3) is 8.46. The smallest absolute Gasteiger partial charge is 0.339 e. The molecule has 2 aromatic carbocycles. The summed E-state index contributed by atoms with van der Waals surface area (Å²) in [5.74, 6) is 0.359. The largest absolute Gasteiger partial charge is 0.379 e. The zero-order valence-corrected chi connectivity index (χ0v) is 24.4. The first-order valence-corrected chi connectivity index (χ1v) is 14.2. The Labute approximate surface area is 225 Å². The summed E-state index contributed by atoms with van der Waals surface area (Å²) in [5.41, 5.74) is 0.965. The van der Waals surface area contributed by atoms with E-state index in [-0.39, 0.29) is 39.2 Å². The summed E-state index contributed by atoms with van der Waals surface area (Å²) < 4.78 is 32.1. The van der Waals surface area contributed by atoms with E-state index in [1.54, 1.807) is 11.0 Å². The van der Waals surface area contributed by atoms with E-state index in [1.807, 2.05) is 60.6 Å². The topological polar surface area (TPSA) is 79.0 Å². The Morgan fingerprint density at radius 2 is 1.67 bits per heavy atom. The number of hydrogen-bond donors (Lipinski definition) is 1. The number of amides is 2. The van der Waals surface area contributed by atoms with Crippen molar-refractivity contribution in [1.29, 1.82) is 0 Å². The van der Waals surface area contributed by atoms with Crippen molar-refractivity contribution >= 4 is 45.0 Å². The molecule has 0 fully saturated rings. The maximum absolute atomic E-state index is 13.2. The fourth-order valence-corrected chi connectivity index (χ4v) is 4.95. The maximum Gasteiger partial charge on any atom is 0.339 e. The number of anilines is 1. The van der Waals surface area contributed by atoms with Gasteiger partial charge in [0.15, 0.2) is 0 Å². The molecule has 2 aromatic rings. The third-order valence-electron chi connectivity index (χ3n) is 5.27. The average Bonchev–Trinajstić information content (AvgIpc) is 2.75. The fourth-order valence-electron chi connectivity index (χ4n) is 3.60. The van der Waals surface area contributed by atoms with Crippen molar-refractivity contribution in [1.82, 2.24) is 10.2 Å². The van der Waals surface area contributed by atoms with Crippen molar-refractivity contribution in [2.24, 2.45) is 5.92 Å². The summed E-state index contributed by atoms with van der Waals surface area (Å²) in [6.45, 7) is 16.0. The van der Waals surface area contributed by atoms with E-state index in [0.29, 0.717) is 12.1 Å². The van der Waals surface area contributed by atoms with Gasteiger partial charge in [0.2, 0.25) is 0 Å². The van der Waals surface area contributed by atoms with Gasteiger partial charge in [0.1, 0.15) is 10.6 Å². The zero-order chi connectivity index (χ0) is 27.3. The number of benzene rings is 2. The molecule has 10 heteroatoms. The molecule has 2 rings (SSSR count). The second-order valence-electron chi connectivity index (χ2n) is 10.0. The van der Waals surface area contributed by atoms with Crippen molar-refractivity contribution in [3.63, 3.8) is 0 Å². The van der Waals surface area contributed by atoms with Gasteiger partial charge in [-0.05, 0) is 64.8 Å². The lowest BCUT2D eigenvalue weighted by atomic mass is 10.1. The molecule has 200 valence electrons. The van der Waals surface area contributed by atoms with Crippen LogP contribution in [0.4, 0.5) is 10.5 Å². The average molecular weight is 559 g/mol. The summed E-state index contributed by atoms with van der Waals surface area (Å²) in [7, 11) is -4.22. The minimum atomic E-state index is -4.22. The van der Waals surface area contributed by atoms with Crippen molar-refractivity contribution in [3.8, 4) is 5.75 Å². The molecular weight excluding hydrogens is 521 g/mol. The zero-order valence-electron chi connectivity index (χ0n) is 22.1. The number of rotatable bonds is 10. The summed E-state index contributed by atoms with van der Waals surface area (Å²) in [5, 5.41) is 3.35. The Balaban J connectivity index is 2.53. The van der Waals surface area contributed by atoms with Gasteiger partial charge >= 0.3 is 16.1 Å². The highest BCUT2D eigenvalue weighted by Crippen LogP contribution is 2.32. The highest BCUT2D eigenvalue weighted by Gasteiger charge is 2.25. The van der Waals surface area contributed by atoms with Gasteiger partial charge in [-0.1, -0.05) is 43.1 Å². The van der Waals surface area contributed by atoms with Crippen molar-refractivity contribution in [2.75, 3.05) is 24.5 Å². The SMILES string of the molecule is CCN(CC)c1ccc(CN(CC(C)C)C(=O)NC(C)(C)C)c(OS(=O)(=O)c2ccc(Cl)c(Cl)c2)c1. The highest BCUT2D eigenvalue weighted by molar-refractivity contribution is 7.87. The molecule has 0 saturated heterocycles. The van der Waals surface area contributed by atoms with Crippen LogP contribution >= 0.6 is 23.2 Å². The van der Waals surface area contributed by atoms with E-state index in [0.717, 1.165) is 18.8 Å². The summed E-state index contributed by atoms with van der Waals surface area (Å²) in [4.78, 5) is 16.7. The monoisotopic (exact) mass is 557 g/mol. The van der Waals surface area contributed by atoms with Crippen molar-refractivity contribution in [3.05, 3.63) is 52.0 Å². The molecule has 0 saturated carbocycles. The number of carbonyl (C=O) groups excluding carboxylic acids is 1. The second kappa shape index (κ2) is 12.4. The molecule has 0 aromatic heterocycles. The normalized spacial score (nSPS) is 11.9. The standard InChI is InChI=1S/C26H37Cl2N3O4S/c1-8-30(9-2)20-11-10-19(17-31(16-18(3)4)25(32)29-26(5,6)7)24(14-20)35-36(33,34)21-12-13-22(27)23(28)15-21/h10-15,18H,8-9,16-17H2,1-7H3,(H,29,32). The van der Waals surface area contributed by atoms with Crippen LogP contribution in [0.1, 0.15) is 54.0 Å². The van der Waals surface area contributed by atoms with Crippen LogP contribution in [0.5, 0.6) is 5.75 Å². The van der Waals surface area contributed by atoms with Gasteiger partial charge in [0, 0.05) is 42.5 Å². The first-order chi connectivity index (χ1) is 16.7. The molecule has 7 nitrogen and oxygen atoms in total. The van der Waals surface area contributed by atoms with Gasteiger partial charge < -0.3 is 19.3 Å². The number of urea groups is 1.